The van der Waals surface area contributed by atoms with Crippen LogP contribution in [0.3, 0.4) is 0 Å². The first kappa shape index (κ1) is 12.2. The first-order valence-corrected chi connectivity index (χ1v) is 6.39. The van der Waals surface area contributed by atoms with Crippen molar-refractivity contribution >= 4 is 5.78 Å². The fourth-order valence-electron chi connectivity index (χ4n) is 2.24. The highest BCUT2D eigenvalue weighted by atomic mass is 16.5. The van der Waals surface area contributed by atoms with E-state index in [0.717, 1.165) is 18.6 Å². The average Bonchev–Trinajstić information content (AvgIpc) is 2.38. The van der Waals surface area contributed by atoms with Gasteiger partial charge in [0.15, 0.2) is 0 Å². The third kappa shape index (κ3) is 2.08. The SMILES string of the molecule is CCc1ccc(OC2CC(=O)C2(C)CC)cc1. The molecule has 92 valence electrons. The van der Waals surface area contributed by atoms with Gasteiger partial charge in [0.2, 0.25) is 0 Å². The molecular weight excluding hydrogens is 212 g/mol. The monoisotopic (exact) mass is 232 g/mol. The predicted octanol–water partition coefficient (Wildman–Crippen LogP) is 3.39. The minimum Gasteiger partial charge on any atom is -0.489 e. The standard InChI is InChI=1S/C15H20O2/c1-4-11-6-8-12(9-7-11)17-14-10-13(16)15(14,3)5-2/h6-9,14H,4-5,10H2,1-3H3. The second kappa shape index (κ2) is 4.52. The molecule has 1 aromatic rings. The van der Waals surface area contributed by atoms with E-state index in [2.05, 4.69) is 19.1 Å². The summed E-state index contributed by atoms with van der Waals surface area (Å²) in [5.41, 5.74) is 1.03. The molecule has 1 aliphatic rings. The van der Waals surface area contributed by atoms with Crippen molar-refractivity contribution in [2.24, 2.45) is 5.41 Å². The van der Waals surface area contributed by atoms with Gasteiger partial charge in [-0.3, -0.25) is 4.79 Å². The van der Waals surface area contributed by atoms with Crippen molar-refractivity contribution in [3.8, 4) is 5.75 Å². The Bertz CT molecular complexity index is 407. The number of carbonyl (C=O) groups excluding carboxylic acids is 1. The molecule has 0 saturated heterocycles. The van der Waals surface area contributed by atoms with Crippen molar-refractivity contribution in [1.82, 2.24) is 0 Å². The Balaban J connectivity index is 2.04. The Morgan fingerprint density at radius 1 is 1.29 bits per heavy atom. The first-order valence-electron chi connectivity index (χ1n) is 6.39. The molecule has 2 rings (SSSR count). The maximum absolute atomic E-state index is 11.6. The summed E-state index contributed by atoms with van der Waals surface area (Å²) < 4.78 is 5.91. The van der Waals surface area contributed by atoms with Crippen molar-refractivity contribution in [2.45, 2.75) is 46.1 Å². The number of ketones is 1. The molecule has 1 aliphatic carbocycles. The van der Waals surface area contributed by atoms with Crippen LogP contribution in [0.2, 0.25) is 0 Å². The molecule has 0 spiro atoms. The number of carbonyl (C=O) groups is 1. The number of hydrogen-bond acceptors (Lipinski definition) is 2. The van der Waals surface area contributed by atoms with Crippen LogP contribution in [0.4, 0.5) is 0 Å². The number of hydrogen-bond donors (Lipinski definition) is 0. The fraction of sp³-hybridized carbons (Fsp3) is 0.533. The zero-order valence-electron chi connectivity index (χ0n) is 10.8. The summed E-state index contributed by atoms with van der Waals surface area (Å²) in [7, 11) is 0. The van der Waals surface area contributed by atoms with Crippen LogP contribution in [0.15, 0.2) is 24.3 Å². The van der Waals surface area contributed by atoms with Gasteiger partial charge in [0.05, 0.1) is 5.41 Å². The quantitative estimate of drug-likeness (QED) is 0.795. The molecule has 0 aliphatic heterocycles. The van der Waals surface area contributed by atoms with E-state index in [9.17, 15) is 4.79 Å². The Labute approximate surface area is 103 Å². The van der Waals surface area contributed by atoms with E-state index < -0.39 is 0 Å². The van der Waals surface area contributed by atoms with E-state index in [1.54, 1.807) is 0 Å². The molecule has 0 N–H and O–H groups in total. The normalized spacial score (nSPS) is 27.7. The van der Waals surface area contributed by atoms with Crippen molar-refractivity contribution in [3.63, 3.8) is 0 Å². The lowest BCUT2D eigenvalue weighted by Crippen LogP contribution is -2.54. The Morgan fingerprint density at radius 2 is 1.94 bits per heavy atom. The van der Waals surface area contributed by atoms with Gasteiger partial charge in [0.25, 0.3) is 0 Å². The average molecular weight is 232 g/mol. The summed E-state index contributed by atoms with van der Waals surface area (Å²) in [6, 6.07) is 8.16. The number of rotatable bonds is 4. The third-order valence-electron chi connectivity index (χ3n) is 4.06. The number of benzene rings is 1. The van der Waals surface area contributed by atoms with Gasteiger partial charge in [-0.15, -0.1) is 0 Å². The van der Waals surface area contributed by atoms with E-state index in [1.165, 1.54) is 5.56 Å². The minimum absolute atomic E-state index is 0.0486. The molecule has 0 radical (unpaired) electrons. The summed E-state index contributed by atoms with van der Waals surface area (Å²) in [5.74, 6) is 1.20. The molecule has 0 amide bonds. The van der Waals surface area contributed by atoms with Crippen LogP contribution in [0.25, 0.3) is 0 Å². The van der Waals surface area contributed by atoms with Crippen LogP contribution in [0.1, 0.15) is 39.2 Å². The summed E-state index contributed by atoms with van der Waals surface area (Å²) in [6.45, 7) is 6.19. The van der Waals surface area contributed by atoms with Crippen LogP contribution in [-0.2, 0) is 11.2 Å². The molecule has 1 fully saturated rings. The molecule has 2 atom stereocenters. The third-order valence-corrected chi connectivity index (χ3v) is 4.06. The van der Waals surface area contributed by atoms with E-state index >= 15 is 0 Å². The second-order valence-corrected chi connectivity index (χ2v) is 5.00. The lowest BCUT2D eigenvalue weighted by molar-refractivity contribution is -0.150. The minimum atomic E-state index is -0.274. The molecule has 2 nitrogen and oxygen atoms in total. The Hall–Kier alpha value is -1.31. The predicted molar refractivity (Wildman–Crippen MR) is 68.3 cm³/mol. The van der Waals surface area contributed by atoms with Crippen molar-refractivity contribution < 1.29 is 9.53 Å². The van der Waals surface area contributed by atoms with E-state index in [-0.39, 0.29) is 11.5 Å². The van der Waals surface area contributed by atoms with Gasteiger partial charge in [-0.2, -0.15) is 0 Å². The van der Waals surface area contributed by atoms with E-state index in [0.29, 0.717) is 12.2 Å². The highest BCUT2D eigenvalue weighted by Gasteiger charge is 2.51. The van der Waals surface area contributed by atoms with Gasteiger partial charge in [-0.25, -0.2) is 0 Å². The number of ether oxygens (including phenoxy) is 1. The largest absolute Gasteiger partial charge is 0.489 e. The van der Waals surface area contributed by atoms with Crippen LogP contribution >= 0.6 is 0 Å². The smallest absolute Gasteiger partial charge is 0.146 e. The van der Waals surface area contributed by atoms with Crippen molar-refractivity contribution in [2.75, 3.05) is 0 Å². The Kier molecular flexibility index (Phi) is 3.23. The van der Waals surface area contributed by atoms with Crippen LogP contribution in [-0.4, -0.2) is 11.9 Å². The van der Waals surface area contributed by atoms with E-state index in [4.69, 9.17) is 4.74 Å². The Morgan fingerprint density at radius 3 is 2.41 bits per heavy atom. The lowest BCUT2D eigenvalue weighted by atomic mass is 9.64. The maximum Gasteiger partial charge on any atom is 0.146 e. The van der Waals surface area contributed by atoms with Crippen LogP contribution < -0.4 is 4.74 Å². The topological polar surface area (TPSA) is 26.3 Å². The molecule has 0 bridgehead atoms. The fourth-order valence-corrected chi connectivity index (χ4v) is 2.24. The van der Waals surface area contributed by atoms with Crippen molar-refractivity contribution in [1.29, 1.82) is 0 Å². The summed E-state index contributed by atoms with van der Waals surface area (Å²) in [5, 5.41) is 0. The zero-order valence-corrected chi connectivity index (χ0v) is 10.8. The van der Waals surface area contributed by atoms with Gasteiger partial charge in [0.1, 0.15) is 17.6 Å². The molecule has 0 heterocycles. The number of aryl methyl sites for hydroxylation is 1. The number of Topliss-reactive ketones (excluding diaryl/α,β-unsaturated/α-hetero) is 1. The van der Waals surface area contributed by atoms with Gasteiger partial charge >= 0.3 is 0 Å². The molecule has 0 aromatic heterocycles. The first-order chi connectivity index (χ1) is 8.10. The van der Waals surface area contributed by atoms with Gasteiger partial charge < -0.3 is 4.74 Å². The zero-order chi connectivity index (χ0) is 12.5. The van der Waals surface area contributed by atoms with Crippen molar-refractivity contribution in [3.05, 3.63) is 29.8 Å². The molecule has 1 aromatic carbocycles. The summed E-state index contributed by atoms with van der Waals surface area (Å²) in [6.07, 6.45) is 2.49. The highest BCUT2D eigenvalue weighted by molar-refractivity contribution is 5.92. The maximum atomic E-state index is 11.6. The van der Waals surface area contributed by atoms with Gasteiger partial charge in [-0.1, -0.05) is 26.0 Å². The molecule has 1 saturated carbocycles. The summed E-state index contributed by atoms with van der Waals surface area (Å²) >= 11 is 0. The van der Waals surface area contributed by atoms with Gasteiger partial charge in [0, 0.05) is 6.42 Å². The molecule has 2 heteroatoms. The molecule has 2 unspecified atom stereocenters. The van der Waals surface area contributed by atoms with Crippen LogP contribution in [0, 0.1) is 5.41 Å². The second-order valence-electron chi connectivity index (χ2n) is 5.00. The van der Waals surface area contributed by atoms with Gasteiger partial charge in [-0.05, 0) is 37.5 Å². The molecule has 17 heavy (non-hydrogen) atoms. The summed E-state index contributed by atoms with van der Waals surface area (Å²) in [4.78, 5) is 11.6. The van der Waals surface area contributed by atoms with E-state index in [1.807, 2.05) is 26.0 Å². The highest BCUT2D eigenvalue weighted by Crippen LogP contribution is 2.42. The van der Waals surface area contributed by atoms with Crippen LogP contribution in [0.5, 0.6) is 5.75 Å². The molecular formula is C15H20O2. The lowest BCUT2D eigenvalue weighted by Gasteiger charge is -2.44.